The molecule has 1 aromatic carbocycles. The lowest BCUT2D eigenvalue weighted by Gasteiger charge is -2.28. The van der Waals surface area contributed by atoms with Crippen molar-refractivity contribution < 1.29 is 43.3 Å². The van der Waals surface area contributed by atoms with E-state index < -0.39 is 59.8 Å². The normalized spacial score (nSPS) is 24.8. The van der Waals surface area contributed by atoms with Crippen LogP contribution in [0.4, 0.5) is 5.69 Å². The first-order chi connectivity index (χ1) is 16.5. The number of hydrogen-bond acceptors (Lipinski definition) is 9. The second-order valence-electron chi connectivity index (χ2n) is 8.77. The van der Waals surface area contributed by atoms with E-state index in [-0.39, 0.29) is 30.0 Å². The van der Waals surface area contributed by atoms with E-state index in [1.54, 1.807) is 6.92 Å². The van der Waals surface area contributed by atoms with Crippen molar-refractivity contribution in [1.29, 1.82) is 0 Å². The number of amides is 2. The summed E-state index contributed by atoms with van der Waals surface area (Å²) in [5.41, 5.74) is -0.224. The van der Waals surface area contributed by atoms with E-state index in [0.29, 0.717) is 6.41 Å². The SMILES string of the molecule is CCC1C(=O)OC(C)C(NC(=O)c2cccc(NC=O)c2O)C(=O)OC(C)C1OC(=O)CC(C)C. The molecule has 11 nitrogen and oxygen atoms in total. The van der Waals surface area contributed by atoms with Gasteiger partial charge < -0.3 is 30.0 Å². The van der Waals surface area contributed by atoms with Gasteiger partial charge in [-0.3, -0.25) is 19.2 Å². The summed E-state index contributed by atoms with van der Waals surface area (Å²) in [4.78, 5) is 61.8. The van der Waals surface area contributed by atoms with Gasteiger partial charge in [0.15, 0.2) is 17.9 Å². The standard InChI is InChI=1S/C24H32N2O9/c1-6-15-21(35-18(28)10-12(2)3)14(5)34-24(32)19(13(4)33-23(15)31)26-22(30)16-8-7-9-17(20(16)29)25-11-27/h7-9,11-15,19,21,29H,6,10H2,1-5H3,(H,25,27)(H,26,30). The van der Waals surface area contributed by atoms with Crippen LogP contribution in [0.3, 0.4) is 0 Å². The van der Waals surface area contributed by atoms with Crippen LogP contribution >= 0.6 is 0 Å². The minimum absolute atomic E-state index is 0.00497. The summed E-state index contributed by atoms with van der Waals surface area (Å²) in [7, 11) is 0. The first-order valence-electron chi connectivity index (χ1n) is 11.4. The Labute approximate surface area is 203 Å². The third kappa shape index (κ3) is 6.93. The van der Waals surface area contributed by atoms with Crippen molar-refractivity contribution in [2.24, 2.45) is 11.8 Å². The highest BCUT2D eigenvalue weighted by Gasteiger charge is 2.43. The number of anilines is 1. The Morgan fingerprint density at radius 3 is 2.40 bits per heavy atom. The van der Waals surface area contributed by atoms with Crippen LogP contribution in [-0.2, 0) is 33.4 Å². The van der Waals surface area contributed by atoms with Crippen LogP contribution in [0.5, 0.6) is 5.75 Å². The zero-order valence-corrected chi connectivity index (χ0v) is 20.4. The molecule has 35 heavy (non-hydrogen) atoms. The predicted molar refractivity (Wildman–Crippen MR) is 123 cm³/mol. The number of ether oxygens (including phenoxy) is 3. The van der Waals surface area contributed by atoms with Gasteiger partial charge in [-0.05, 0) is 38.3 Å². The summed E-state index contributed by atoms with van der Waals surface area (Å²) in [6.45, 7) is 8.32. The highest BCUT2D eigenvalue weighted by Crippen LogP contribution is 2.28. The number of rotatable bonds is 8. The fourth-order valence-electron chi connectivity index (χ4n) is 3.73. The van der Waals surface area contributed by atoms with E-state index in [0.717, 1.165) is 0 Å². The van der Waals surface area contributed by atoms with Crippen LogP contribution in [-0.4, -0.2) is 59.7 Å². The summed E-state index contributed by atoms with van der Waals surface area (Å²) in [6.07, 6.45) is -2.49. The maximum Gasteiger partial charge on any atom is 0.332 e. The number of cyclic esters (lactones) is 2. The Bertz CT molecular complexity index is 962. The number of para-hydroxylation sites is 1. The summed E-state index contributed by atoms with van der Waals surface area (Å²) in [5.74, 6) is -4.37. The van der Waals surface area contributed by atoms with Gasteiger partial charge in [-0.1, -0.05) is 26.8 Å². The fourth-order valence-corrected chi connectivity index (χ4v) is 3.73. The molecule has 0 aromatic heterocycles. The van der Waals surface area contributed by atoms with Crippen molar-refractivity contribution in [3.8, 4) is 5.75 Å². The maximum atomic E-state index is 13.0. The van der Waals surface area contributed by atoms with E-state index in [2.05, 4.69) is 10.6 Å². The van der Waals surface area contributed by atoms with Crippen molar-refractivity contribution in [3.63, 3.8) is 0 Å². The van der Waals surface area contributed by atoms with E-state index in [4.69, 9.17) is 14.2 Å². The summed E-state index contributed by atoms with van der Waals surface area (Å²) < 4.78 is 16.5. The lowest BCUT2D eigenvalue weighted by Crippen LogP contribution is -2.50. The molecule has 2 amide bonds. The van der Waals surface area contributed by atoms with E-state index in [1.165, 1.54) is 32.0 Å². The van der Waals surface area contributed by atoms with Crippen LogP contribution in [0.2, 0.25) is 0 Å². The zero-order valence-electron chi connectivity index (χ0n) is 20.4. The number of carbonyl (C=O) groups is 5. The van der Waals surface area contributed by atoms with Crippen LogP contribution in [0.1, 0.15) is 57.8 Å². The average Bonchev–Trinajstić information content (AvgIpc) is 2.79. The predicted octanol–water partition coefficient (Wildman–Crippen LogP) is 1.92. The molecule has 1 aliphatic rings. The molecule has 1 fully saturated rings. The Morgan fingerprint density at radius 1 is 1.14 bits per heavy atom. The topological polar surface area (TPSA) is 157 Å². The van der Waals surface area contributed by atoms with Crippen LogP contribution in [0.25, 0.3) is 0 Å². The van der Waals surface area contributed by atoms with Crippen LogP contribution in [0, 0.1) is 11.8 Å². The lowest BCUT2D eigenvalue weighted by atomic mass is 9.95. The molecule has 1 aliphatic heterocycles. The van der Waals surface area contributed by atoms with E-state index in [1.807, 2.05) is 13.8 Å². The van der Waals surface area contributed by atoms with Crippen molar-refractivity contribution in [2.75, 3.05) is 5.32 Å². The van der Waals surface area contributed by atoms with Crippen molar-refractivity contribution >= 4 is 35.9 Å². The largest absolute Gasteiger partial charge is 0.505 e. The summed E-state index contributed by atoms with van der Waals surface area (Å²) in [6, 6.07) is 2.68. The second kappa shape index (κ2) is 12.2. The maximum absolute atomic E-state index is 13.0. The Balaban J connectivity index is 2.30. The first kappa shape index (κ1) is 27.6. The molecular formula is C24H32N2O9. The van der Waals surface area contributed by atoms with Gasteiger partial charge in [-0.15, -0.1) is 0 Å². The zero-order chi connectivity index (χ0) is 26.3. The minimum atomic E-state index is -1.42. The smallest absolute Gasteiger partial charge is 0.332 e. The molecule has 0 spiro atoms. The van der Waals surface area contributed by atoms with Gasteiger partial charge in [0.05, 0.1) is 17.2 Å². The molecule has 1 aromatic rings. The monoisotopic (exact) mass is 492 g/mol. The fraction of sp³-hybridized carbons (Fsp3) is 0.542. The molecule has 192 valence electrons. The first-order valence-corrected chi connectivity index (χ1v) is 11.4. The number of benzene rings is 1. The molecule has 0 saturated carbocycles. The molecule has 0 aliphatic carbocycles. The van der Waals surface area contributed by atoms with Gasteiger partial charge in [0, 0.05) is 6.42 Å². The van der Waals surface area contributed by atoms with Gasteiger partial charge in [-0.2, -0.15) is 0 Å². The van der Waals surface area contributed by atoms with Gasteiger partial charge in [0.1, 0.15) is 12.2 Å². The molecule has 1 saturated heterocycles. The van der Waals surface area contributed by atoms with E-state index in [9.17, 15) is 29.1 Å². The van der Waals surface area contributed by atoms with Gasteiger partial charge in [0.25, 0.3) is 5.91 Å². The number of carbonyl (C=O) groups excluding carboxylic acids is 5. The van der Waals surface area contributed by atoms with Crippen molar-refractivity contribution in [1.82, 2.24) is 5.32 Å². The second-order valence-corrected chi connectivity index (χ2v) is 8.77. The van der Waals surface area contributed by atoms with Crippen LogP contribution in [0.15, 0.2) is 18.2 Å². The number of nitrogens with one attached hydrogen (secondary N) is 2. The Kier molecular flexibility index (Phi) is 9.61. The quantitative estimate of drug-likeness (QED) is 0.213. The summed E-state index contributed by atoms with van der Waals surface area (Å²) >= 11 is 0. The molecule has 5 atom stereocenters. The number of aromatic hydroxyl groups is 1. The molecular weight excluding hydrogens is 460 g/mol. The molecule has 0 radical (unpaired) electrons. The van der Waals surface area contributed by atoms with Crippen LogP contribution < -0.4 is 10.6 Å². The number of phenolic OH excluding ortho intramolecular Hbond substituents is 1. The number of phenols is 1. The Morgan fingerprint density at radius 2 is 1.80 bits per heavy atom. The molecule has 0 bridgehead atoms. The third-order valence-corrected chi connectivity index (χ3v) is 5.55. The number of esters is 3. The van der Waals surface area contributed by atoms with E-state index >= 15 is 0 Å². The third-order valence-electron chi connectivity index (χ3n) is 5.55. The summed E-state index contributed by atoms with van der Waals surface area (Å²) in [5, 5.41) is 15.0. The molecule has 3 N–H and O–H groups in total. The highest BCUT2D eigenvalue weighted by atomic mass is 16.6. The van der Waals surface area contributed by atoms with Gasteiger partial charge in [-0.25, -0.2) is 4.79 Å². The molecule has 5 unspecified atom stereocenters. The van der Waals surface area contributed by atoms with Gasteiger partial charge in [0.2, 0.25) is 6.41 Å². The van der Waals surface area contributed by atoms with Crippen molar-refractivity contribution in [3.05, 3.63) is 23.8 Å². The number of hydrogen-bond donors (Lipinski definition) is 3. The molecule has 1 heterocycles. The highest BCUT2D eigenvalue weighted by molar-refractivity contribution is 6.01. The minimum Gasteiger partial charge on any atom is -0.505 e. The molecule has 2 rings (SSSR count). The Hall–Kier alpha value is -3.63. The molecule has 11 heteroatoms. The average molecular weight is 493 g/mol. The lowest BCUT2D eigenvalue weighted by molar-refractivity contribution is -0.175. The van der Waals surface area contributed by atoms with Crippen molar-refractivity contribution in [2.45, 2.75) is 71.8 Å². The van der Waals surface area contributed by atoms with Gasteiger partial charge >= 0.3 is 17.9 Å².